The molecular formula is C20H17F3N2O4S. The van der Waals surface area contributed by atoms with E-state index in [-0.39, 0.29) is 37.3 Å². The van der Waals surface area contributed by atoms with E-state index >= 15 is 0 Å². The lowest BCUT2D eigenvalue weighted by Crippen LogP contribution is -2.42. The molecule has 4 rings (SSSR count). The van der Waals surface area contributed by atoms with Gasteiger partial charge in [-0.1, -0.05) is 12.1 Å². The normalized spacial score (nSPS) is 20.2. The highest BCUT2D eigenvalue weighted by atomic mass is 32.2. The highest BCUT2D eigenvalue weighted by Gasteiger charge is 2.34. The number of fused-ring (bicyclic) bond motifs is 2. The maximum atomic E-state index is 12.8. The highest BCUT2D eigenvalue weighted by Crippen LogP contribution is 2.40. The molecule has 10 heteroatoms. The van der Waals surface area contributed by atoms with Crippen LogP contribution in [0.4, 0.5) is 18.9 Å². The van der Waals surface area contributed by atoms with Crippen LogP contribution in [-0.2, 0) is 15.8 Å². The van der Waals surface area contributed by atoms with Crippen molar-refractivity contribution in [3.63, 3.8) is 0 Å². The zero-order chi connectivity index (χ0) is 21.3. The zero-order valence-electron chi connectivity index (χ0n) is 15.5. The van der Waals surface area contributed by atoms with Crippen LogP contribution in [0.25, 0.3) is 0 Å². The summed E-state index contributed by atoms with van der Waals surface area (Å²) < 4.78 is 49.8. The number of carbonyl (C=O) groups excluding carboxylic acids is 2. The number of thioether (sulfide) groups is 1. The Morgan fingerprint density at radius 2 is 1.97 bits per heavy atom. The molecule has 0 saturated carbocycles. The first-order valence-electron chi connectivity index (χ1n) is 9.13. The van der Waals surface area contributed by atoms with Gasteiger partial charge in [0.25, 0.3) is 0 Å². The molecule has 2 heterocycles. The smallest absolute Gasteiger partial charge is 0.416 e. The average molecular weight is 438 g/mol. The molecule has 2 N–H and O–H groups in total. The van der Waals surface area contributed by atoms with Crippen LogP contribution in [0, 0.1) is 0 Å². The number of halogens is 3. The Balaban J connectivity index is 1.31. The highest BCUT2D eigenvalue weighted by molar-refractivity contribution is 8.01. The second-order valence-corrected chi connectivity index (χ2v) is 8.05. The summed E-state index contributed by atoms with van der Waals surface area (Å²) >= 11 is 1.07. The van der Waals surface area contributed by atoms with Crippen molar-refractivity contribution >= 4 is 29.3 Å². The van der Waals surface area contributed by atoms with E-state index in [2.05, 4.69) is 10.6 Å². The van der Waals surface area contributed by atoms with Gasteiger partial charge >= 0.3 is 6.18 Å². The summed E-state index contributed by atoms with van der Waals surface area (Å²) in [6.07, 6.45) is -4.97. The number of amides is 2. The third-order valence-corrected chi connectivity index (χ3v) is 5.87. The molecule has 0 aliphatic carbocycles. The van der Waals surface area contributed by atoms with Crippen LogP contribution in [0.3, 0.4) is 0 Å². The Kier molecular flexibility index (Phi) is 5.50. The first-order valence-corrected chi connectivity index (χ1v) is 10.0. The molecule has 0 spiro atoms. The molecule has 0 unspecified atom stereocenters. The molecular weight excluding hydrogens is 421 g/mol. The van der Waals surface area contributed by atoms with E-state index in [1.165, 1.54) is 6.07 Å². The number of hydrogen-bond donors (Lipinski definition) is 2. The van der Waals surface area contributed by atoms with Gasteiger partial charge in [0.1, 0.15) is 12.7 Å². The molecule has 0 fully saturated rings. The van der Waals surface area contributed by atoms with Gasteiger partial charge in [0.2, 0.25) is 11.8 Å². The van der Waals surface area contributed by atoms with Gasteiger partial charge < -0.3 is 20.1 Å². The topological polar surface area (TPSA) is 76.7 Å². The van der Waals surface area contributed by atoms with Crippen molar-refractivity contribution in [2.24, 2.45) is 0 Å². The number of carbonyl (C=O) groups is 2. The summed E-state index contributed by atoms with van der Waals surface area (Å²) in [5.74, 6) is 0.372. The summed E-state index contributed by atoms with van der Waals surface area (Å²) in [6, 6.07) is 10.4. The molecule has 6 nitrogen and oxygen atoms in total. The van der Waals surface area contributed by atoms with Gasteiger partial charge in [-0.2, -0.15) is 13.2 Å². The van der Waals surface area contributed by atoms with E-state index in [1.54, 1.807) is 12.1 Å². The first-order chi connectivity index (χ1) is 14.3. The number of para-hydroxylation sites is 2. The fraction of sp³-hybridized carbons (Fsp3) is 0.300. The van der Waals surface area contributed by atoms with Gasteiger partial charge in [-0.3, -0.25) is 9.59 Å². The number of ether oxygens (including phenoxy) is 2. The summed E-state index contributed by atoms with van der Waals surface area (Å²) in [6.45, 7) is 0.489. The fourth-order valence-electron chi connectivity index (χ4n) is 3.09. The maximum Gasteiger partial charge on any atom is 0.416 e. The number of alkyl halides is 3. The first kappa shape index (κ1) is 20.4. The van der Waals surface area contributed by atoms with Crippen molar-refractivity contribution < 1.29 is 32.2 Å². The van der Waals surface area contributed by atoms with Gasteiger partial charge in [0.15, 0.2) is 11.5 Å². The largest absolute Gasteiger partial charge is 0.486 e. The Labute approximate surface area is 174 Å². The summed E-state index contributed by atoms with van der Waals surface area (Å²) in [5, 5.41) is 4.44. The Bertz CT molecular complexity index is 983. The molecule has 30 heavy (non-hydrogen) atoms. The van der Waals surface area contributed by atoms with Gasteiger partial charge in [0, 0.05) is 11.3 Å². The standard InChI is InChI=1S/C20H17F3N2O4S/c21-20(22,23)11-5-6-16-13(7-11)25-19(27)17(30-16)8-18(26)24-9-12-10-28-14-3-1-2-4-15(14)29-12/h1-7,12,17H,8-10H2,(H,24,26)(H,25,27)/t12-,17+/m1/s1. The molecule has 0 aromatic heterocycles. The van der Waals surface area contributed by atoms with Crippen molar-refractivity contribution in [3.05, 3.63) is 48.0 Å². The Hall–Kier alpha value is -2.88. The van der Waals surface area contributed by atoms with Crippen LogP contribution in [-0.4, -0.2) is 36.3 Å². The predicted molar refractivity (Wildman–Crippen MR) is 104 cm³/mol. The quantitative estimate of drug-likeness (QED) is 0.765. The summed E-state index contributed by atoms with van der Waals surface area (Å²) in [7, 11) is 0. The minimum atomic E-state index is -4.49. The SMILES string of the molecule is O=C(C[C@@H]1Sc2ccc(C(F)(F)F)cc2NC1=O)NC[C@@H]1COc2ccccc2O1. The lowest BCUT2D eigenvalue weighted by Gasteiger charge is -2.27. The number of hydrogen-bond acceptors (Lipinski definition) is 5. The maximum absolute atomic E-state index is 12.8. The second-order valence-electron chi connectivity index (χ2n) is 6.81. The van der Waals surface area contributed by atoms with E-state index in [0.29, 0.717) is 16.4 Å². The zero-order valence-corrected chi connectivity index (χ0v) is 16.3. The van der Waals surface area contributed by atoms with Crippen LogP contribution in [0.2, 0.25) is 0 Å². The molecule has 2 aliphatic rings. The number of benzene rings is 2. The average Bonchev–Trinajstić information content (AvgIpc) is 2.71. The lowest BCUT2D eigenvalue weighted by atomic mass is 10.1. The lowest BCUT2D eigenvalue weighted by molar-refractivity contribution is -0.137. The monoisotopic (exact) mass is 438 g/mol. The van der Waals surface area contributed by atoms with Gasteiger partial charge in [-0.15, -0.1) is 11.8 Å². The van der Waals surface area contributed by atoms with Crippen LogP contribution in [0.1, 0.15) is 12.0 Å². The molecule has 0 bridgehead atoms. The Morgan fingerprint density at radius 3 is 2.73 bits per heavy atom. The van der Waals surface area contributed by atoms with Crippen LogP contribution in [0.5, 0.6) is 11.5 Å². The van der Waals surface area contributed by atoms with Crippen LogP contribution in [0.15, 0.2) is 47.4 Å². The molecule has 2 aliphatic heterocycles. The molecule has 0 radical (unpaired) electrons. The Morgan fingerprint density at radius 1 is 1.20 bits per heavy atom. The molecule has 2 aromatic rings. The van der Waals surface area contributed by atoms with E-state index in [1.807, 2.05) is 12.1 Å². The van der Waals surface area contributed by atoms with Crippen LogP contribution >= 0.6 is 11.8 Å². The van der Waals surface area contributed by atoms with E-state index in [0.717, 1.165) is 23.9 Å². The number of anilines is 1. The minimum Gasteiger partial charge on any atom is -0.486 e. The molecule has 2 aromatic carbocycles. The van der Waals surface area contributed by atoms with Gasteiger partial charge in [0.05, 0.1) is 23.0 Å². The molecule has 2 amide bonds. The van der Waals surface area contributed by atoms with Crippen molar-refractivity contribution in [1.29, 1.82) is 0 Å². The van der Waals surface area contributed by atoms with E-state index in [4.69, 9.17) is 9.47 Å². The number of rotatable bonds is 4. The van der Waals surface area contributed by atoms with Gasteiger partial charge in [-0.05, 0) is 30.3 Å². The molecule has 0 saturated heterocycles. The number of nitrogens with one attached hydrogen (secondary N) is 2. The van der Waals surface area contributed by atoms with Gasteiger partial charge in [-0.25, -0.2) is 0 Å². The third-order valence-electron chi connectivity index (χ3n) is 4.59. The predicted octanol–water partition coefficient (Wildman–Crippen LogP) is 3.46. The van der Waals surface area contributed by atoms with E-state index in [9.17, 15) is 22.8 Å². The van der Waals surface area contributed by atoms with E-state index < -0.39 is 22.9 Å². The fourth-order valence-corrected chi connectivity index (χ4v) is 4.18. The van der Waals surface area contributed by atoms with Crippen molar-refractivity contribution in [3.8, 4) is 11.5 Å². The third kappa shape index (κ3) is 4.48. The summed E-state index contributed by atoms with van der Waals surface area (Å²) in [5.41, 5.74) is -0.738. The van der Waals surface area contributed by atoms with Crippen molar-refractivity contribution in [2.45, 2.75) is 28.8 Å². The van der Waals surface area contributed by atoms with Crippen molar-refractivity contribution in [2.75, 3.05) is 18.5 Å². The van der Waals surface area contributed by atoms with Crippen LogP contribution < -0.4 is 20.1 Å². The summed E-state index contributed by atoms with van der Waals surface area (Å²) in [4.78, 5) is 25.0. The minimum absolute atomic E-state index is 0.0999. The molecule has 2 atom stereocenters. The molecule has 158 valence electrons. The second kappa shape index (κ2) is 8.10. The van der Waals surface area contributed by atoms with Crippen molar-refractivity contribution in [1.82, 2.24) is 5.32 Å².